The second kappa shape index (κ2) is 19.4. The van der Waals surface area contributed by atoms with Crippen LogP contribution >= 0.6 is 0 Å². The molecule has 334 valence electrons. The Hall–Kier alpha value is -9.52. The van der Waals surface area contributed by atoms with Gasteiger partial charge >= 0.3 is 0 Å². The molecule has 70 heavy (non-hydrogen) atoms. The average Bonchev–Trinajstić information content (AvgIpc) is 3.43. The zero-order valence-corrected chi connectivity index (χ0v) is 38.3. The number of aromatic nitrogens is 2. The minimum Gasteiger partial charge on any atom is -0.457 e. The predicted octanol–water partition coefficient (Wildman–Crippen LogP) is 15.0. The van der Waals surface area contributed by atoms with Crippen LogP contribution in [0.4, 0.5) is 11.4 Å². The minimum atomic E-state index is 0.696. The lowest BCUT2D eigenvalue weighted by Gasteiger charge is -2.14. The molecule has 11 rings (SSSR count). The zero-order chi connectivity index (χ0) is 47.2. The van der Waals surface area contributed by atoms with Gasteiger partial charge in [-0.05, 0) is 144 Å². The van der Waals surface area contributed by atoms with Gasteiger partial charge in [-0.2, -0.15) is 9.13 Å². The van der Waals surface area contributed by atoms with E-state index in [0.717, 1.165) is 102 Å². The van der Waals surface area contributed by atoms with Crippen molar-refractivity contribution in [3.8, 4) is 102 Å². The average molecular weight is 905 g/mol. The molecule has 6 heteroatoms. The number of hydrogen-bond acceptors (Lipinski definition) is 4. The van der Waals surface area contributed by atoms with Crippen molar-refractivity contribution in [2.24, 2.45) is 0 Å². The van der Waals surface area contributed by atoms with E-state index in [-0.39, 0.29) is 0 Å². The first-order valence-corrected chi connectivity index (χ1v) is 23.3. The van der Waals surface area contributed by atoms with Crippen molar-refractivity contribution in [1.29, 1.82) is 0 Å². The maximum atomic E-state index is 6.21. The van der Waals surface area contributed by atoms with Gasteiger partial charge in [0.05, 0.1) is 0 Å². The van der Waals surface area contributed by atoms with Gasteiger partial charge in [-0.1, -0.05) is 97.1 Å². The number of nitrogens with two attached hydrogens (primary N) is 2. The van der Waals surface area contributed by atoms with E-state index in [2.05, 4.69) is 203 Å². The Morgan fingerprint density at radius 2 is 0.471 bits per heavy atom. The number of pyridine rings is 2. The van der Waals surface area contributed by atoms with Crippen molar-refractivity contribution in [2.75, 3.05) is 11.5 Å². The van der Waals surface area contributed by atoms with Crippen LogP contribution in [0.5, 0.6) is 23.0 Å². The molecule has 0 saturated carbocycles. The molecule has 0 bridgehead atoms. The summed E-state index contributed by atoms with van der Waals surface area (Å²) in [4.78, 5) is 0. The summed E-state index contributed by atoms with van der Waals surface area (Å²) in [5, 5.41) is 0. The van der Waals surface area contributed by atoms with Crippen LogP contribution in [0.2, 0.25) is 0 Å². The first kappa shape index (κ1) is 43.1. The summed E-state index contributed by atoms with van der Waals surface area (Å²) in [7, 11) is 0. The Bertz CT molecular complexity index is 3170. The van der Waals surface area contributed by atoms with E-state index >= 15 is 0 Å². The molecule has 2 heterocycles. The lowest BCUT2D eigenvalue weighted by Crippen LogP contribution is -2.36. The molecule has 6 nitrogen and oxygen atoms in total. The molecule has 9 aromatic carbocycles. The summed E-state index contributed by atoms with van der Waals surface area (Å²) in [6.45, 7) is 0. The summed E-state index contributed by atoms with van der Waals surface area (Å²) < 4.78 is 17.1. The molecule has 0 radical (unpaired) electrons. The molecule has 0 aliphatic carbocycles. The Morgan fingerprint density at radius 1 is 0.229 bits per heavy atom. The Labute approximate surface area is 408 Å². The third kappa shape index (κ3) is 9.26. The summed E-state index contributed by atoms with van der Waals surface area (Å²) in [5.74, 6) is 2.94. The largest absolute Gasteiger partial charge is 0.457 e. The van der Waals surface area contributed by atoms with E-state index in [0.29, 0.717) is 11.4 Å². The zero-order valence-electron chi connectivity index (χ0n) is 38.3. The maximum Gasteiger partial charge on any atom is 0.219 e. The highest BCUT2D eigenvalue weighted by Gasteiger charge is 2.27. The molecule has 0 amide bonds. The molecule has 0 saturated heterocycles. The van der Waals surface area contributed by atoms with Gasteiger partial charge in [0.1, 0.15) is 23.0 Å². The molecule has 0 fully saturated rings. The number of nitrogen functional groups attached to an aromatic ring is 2. The predicted molar refractivity (Wildman–Crippen MR) is 284 cm³/mol. The van der Waals surface area contributed by atoms with E-state index < -0.39 is 0 Å². The fourth-order valence-electron chi connectivity index (χ4n) is 8.89. The Morgan fingerprint density at radius 3 is 0.729 bits per heavy atom. The van der Waals surface area contributed by atoms with E-state index in [9.17, 15) is 0 Å². The standard InChI is InChI=1S/C64H48N4O2/c65-53-25-33-57(34-26-53)69-59-37-29-55(30-38-59)67-61(47-13-5-1-6-14-47)41-51(42-62(67)48-15-7-2-8-16-48)45-21-23-46(24-22-45)52-43-63(49-17-9-3-10-18-49)68(64(44-52)50-19-11-4-12-20-50)56-31-39-60(40-32-56)70-58-35-27-54(66)28-36-58/h1-44H,65-66H2/q+2. The number of rotatable bonds is 12. The highest BCUT2D eigenvalue weighted by Crippen LogP contribution is 2.35. The number of ether oxygens (including phenoxy) is 2. The summed E-state index contributed by atoms with van der Waals surface area (Å²) >= 11 is 0. The lowest BCUT2D eigenvalue weighted by atomic mass is 9.95. The van der Waals surface area contributed by atoms with Gasteiger partial charge in [0, 0.05) is 82.2 Å². The monoisotopic (exact) mass is 904 g/mol. The van der Waals surface area contributed by atoms with E-state index in [1.54, 1.807) is 0 Å². The molecular weight excluding hydrogens is 857 g/mol. The van der Waals surface area contributed by atoms with E-state index in [4.69, 9.17) is 20.9 Å². The third-order valence-electron chi connectivity index (χ3n) is 12.4. The molecule has 0 atom stereocenters. The maximum absolute atomic E-state index is 6.21. The molecule has 0 aliphatic heterocycles. The minimum absolute atomic E-state index is 0.696. The second-order valence-electron chi connectivity index (χ2n) is 17.1. The molecule has 2 aromatic heterocycles. The number of benzene rings is 9. The van der Waals surface area contributed by atoms with Crippen molar-refractivity contribution in [3.05, 3.63) is 267 Å². The van der Waals surface area contributed by atoms with Crippen molar-refractivity contribution in [2.45, 2.75) is 0 Å². The third-order valence-corrected chi connectivity index (χ3v) is 12.4. The second-order valence-corrected chi connectivity index (χ2v) is 17.1. The van der Waals surface area contributed by atoms with Crippen molar-refractivity contribution >= 4 is 11.4 Å². The van der Waals surface area contributed by atoms with Gasteiger partial charge in [0.15, 0.2) is 0 Å². The Balaban J connectivity index is 1.01. The first-order chi connectivity index (χ1) is 34.5. The van der Waals surface area contributed by atoms with Crippen LogP contribution in [0, 0.1) is 0 Å². The van der Waals surface area contributed by atoms with Gasteiger partial charge in [0.2, 0.25) is 34.2 Å². The van der Waals surface area contributed by atoms with Crippen molar-refractivity contribution in [3.63, 3.8) is 0 Å². The van der Waals surface area contributed by atoms with Crippen LogP contribution in [-0.4, -0.2) is 0 Å². The smallest absolute Gasteiger partial charge is 0.219 e. The summed E-state index contributed by atoms with van der Waals surface area (Å²) in [6.07, 6.45) is 0. The van der Waals surface area contributed by atoms with Gasteiger partial charge < -0.3 is 20.9 Å². The van der Waals surface area contributed by atoms with Crippen molar-refractivity contribution < 1.29 is 18.6 Å². The van der Waals surface area contributed by atoms with Gasteiger partial charge in [-0.25, -0.2) is 0 Å². The molecule has 0 aliphatic rings. The molecule has 4 N–H and O–H groups in total. The number of nitrogens with zero attached hydrogens (tertiary/aromatic N) is 2. The summed E-state index contributed by atoms with van der Waals surface area (Å²) in [6, 6.07) is 92.0. The highest BCUT2D eigenvalue weighted by atomic mass is 16.5. The van der Waals surface area contributed by atoms with Crippen LogP contribution < -0.4 is 30.1 Å². The van der Waals surface area contributed by atoms with Gasteiger partial charge in [0.25, 0.3) is 0 Å². The van der Waals surface area contributed by atoms with E-state index in [1.165, 1.54) is 0 Å². The SMILES string of the molecule is Nc1ccc(Oc2ccc(-[n+]3c(-c4ccccc4)cc(-c4ccc(-c5cc(-c6ccccc6)[n+](-c6ccc(Oc7ccc(N)cc7)cc6)c(-c6ccccc6)c5)cc4)cc3-c3ccccc3)cc2)cc1. The lowest BCUT2D eigenvalue weighted by molar-refractivity contribution is -0.572. The quantitative estimate of drug-likeness (QED) is 0.0946. The fraction of sp³-hybridized carbons (Fsp3) is 0. The molecular formula is C64H48N4O2+2. The first-order valence-electron chi connectivity index (χ1n) is 23.3. The van der Waals surface area contributed by atoms with Crippen LogP contribution in [0.1, 0.15) is 0 Å². The molecule has 0 unspecified atom stereocenters. The van der Waals surface area contributed by atoms with Crippen LogP contribution in [-0.2, 0) is 0 Å². The van der Waals surface area contributed by atoms with Crippen LogP contribution in [0.25, 0.3) is 78.7 Å². The number of anilines is 2. The Kier molecular flexibility index (Phi) is 11.9. The number of hydrogen-bond donors (Lipinski definition) is 2. The fourth-order valence-corrected chi connectivity index (χ4v) is 8.89. The van der Waals surface area contributed by atoms with Crippen LogP contribution in [0.3, 0.4) is 0 Å². The van der Waals surface area contributed by atoms with Gasteiger partial charge in [-0.3, -0.25) is 0 Å². The normalized spacial score (nSPS) is 11.0. The van der Waals surface area contributed by atoms with Crippen LogP contribution in [0.15, 0.2) is 267 Å². The van der Waals surface area contributed by atoms with Gasteiger partial charge in [-0.15, -0.1) is 0 Å². The highest BCUT2D eigenvalue weighted by molar-refractivity contribution is 5.79. The topological polar surface area (TPSA) is 78.3 Å². The van der Waals surface area contributed by atoms with E-state index in [1.807, 2.05) is 72.8 Å². The van der Waals surface area contributed by atoms with Crippen molar-refractivity contribution in [1.82, 2.24) is 0 Å². The molecule has 0 spiro atoms. The summed E-state index contributed by atoms with van der Waals surface area (Å²) in [5.41, 5.74) is 28.3. The molecule has 11 aromatic rings.